The first-order chi connectivity index (χ1) is 6.58. The van der Waals surface area contributed by atoms with Gasteiger partial charge in [0.25, 0.3) is 0 Å². The van der Waals surface area contributed by atoms with E-state index >= 15 is 0 Å². The molecule has 0 spiro atoms. The van der Waals surface area contributed by atoms with Crippen LogP contribution in [0.25, 0.3) is 0 Å². The van der Waals surface area contributed by atoms with Crippen molar-refractivity contribution in [1.29, 1.82) is 0 Å². The molecule has 0 saturated heterocycles. The van der Waals surface area contributed by atoms with Crippen molar-refractivity contribution in [2.24, 2.45) is 0 Å². The van der Waals surface area contributed by atoms with E-state index in [1.54, 1.807) is 0 Å². The van der Waals surface area contributed by atoms with Crippen LogP contribution in [0.3, 0.4) is 0 Å². The summed E-state index contributed by atoms with van der Waals surface area (Å²) in [6, 6.07) is 2.20. The van der Waals surface area contributed by atoms with E-state index in [4.69, 9.17) is 11.6 Å². The van der Waals surface area contributed by atoms with Crippen molar-refractivity contribution in [3.63, 3.8) is 0 Å². The van der Waals surface area contributed by atoms with E-state index in [0.717, 1.165) is 6.07 Å². The minimum atomic E-state index is -0.917. The van der Waals surface area contributed by atoms with Gasteiger partial charge in [-0.2, -0.15) is 0 Å². The normalized spacial score (nSPS) is 14.4. The van der Waals surface area contributed by atoms with Crippen LogP contribution in [0.1, 0.15) is 0 Å². The number of nitrogens with one attached hydrogen (secondary N) is 1. The first-order valence-electron chi connectivity index (χ1n) is 3.64. The standard InChI is InChI=1S/C8H3ClFN2O2/c9-3-1-5-6(2-4(3)10)12-8(14)7(13)11-5/h1-2H,(H,12,14). The minimum absolute atomic E-state index is 0.142. The zero-order valence-corrected chi connectivity index (χ0v) is 7.43. The molecular weight excluding hydrogens is 211 g/mol. The van der Waals surface area contributed by atoms with Crippen LogP contribution < -0.4 is 10.6 Å². The second-order valence-corrected chi connectivity index (χ2v) is 3.06. The third kappa shape index (κ3) is 1.31. The quantitative estimate of drug-likeness (QED) is 0.658. The average Bonchev–Trinajstić information content (AvgIpc) is 2.11. The predicted octanol–water partition coefficient (Wildman–Crippen LogP) is 1.19. The fraction of sp³-hybridized carbons (Fsp3) is 0. The molecule has 1 aromatic rings. The molecule has 4 nitrogen and oxygen atoms in total. The third-order valence-electron chi connectivity index (χ3n) is 1.70. The molecule has 0 fully saturated rings. The molecule has 1 aliphatic heterocycles. The summed E-state index contributed by atoms with van der Waals surface area (Å²) in [5.74, 6) is -2.46. The molecule has 0 bridgehead atoms. The summed E-state index contributed by atoms with van der Waals surface area (Å²) in [5.41, 5.74) is 0.317. The van der Waals surface area contributed by atoms with Crippen LogP contribution in [0.5, 0.6) is 0 Å². The zero-order valence-electron chi connectivity index (χ0n) is 6.67. The molecule has 14 heavy (non-hydrogen) atoms. The Morgan fingerprint density at radius 3 is 2.79 bits per heavy atom. The lowest BCUT2D eigenvalue weighted by atomic mass is 10.2. The number of carbonyl (C=O) groups excluding carboxylic acids is 2. The Kier molecular flexibility index (Phi) is 1.89. The highest BCUT2D eigenvalue weighted by atomic mass is 35.5. The van der Waals surface area contributed by atoms with E-state index in [1.165, 1.54) is 6.07 Å². The Morgan fingerprint density at radius 1 is 1.36 bits per heavy atom. The van der Waals surface area contributed by atoms with Crippen molar-refractivity contribution in [1.82, 2.24) is 5.32 Å². The number of rotatable bonds is 0. The first kappa shape index (κ1) is 8.96. The second-order valence-electron chi connectivity index (χ2n) is 2.65. The molecule has 1 N–H and O–H groups in total. The Bertz CT molecular complexity index is 406. The monoisotopic (exact) mass is 213 g/mol. The van der Waals surface area contributed by atoms with Gasteiger partial charge < -0.3 is 5.32 Å². The highest BCUT2D eigenvalue weighted by Crippen LogP contribution is 2.30. The number of anilines is 1. The summed E-state index contributed by atoms with van der Waals surface area (Å²) in [7, 11) is 0. The molecule has 1 aromatic carbocycles. The van der Waals surface area contributed by atoms with Crippen LogP contribution in [0, 0.1) is 5.82 Å². The number of benzene rings is 1. The fourth-order valence-corrected chi connectivity index (χ4v) is 1.22. The number of amides is 2. The molecule has 0 unspecified atom stereocenters. The second kappa shape index (κ2) is 2.95. The van der Waals surface area contributed by atoms with E-state index in [2.05, 4.69) is 10.6 Å². The highest BCUT2D eigenvalue weighted by Gasteiger charge is 2.25. The zero-order chi connectivity index (χ0) is 10.3. The number of hydrogen-bond donors (Lipinski definition) is 1. The van der Waals surface area contributed by atoms with Crippen molar-refractivity contribution >= 4 is 34.8 Å². The van der Waals surface area contributed by atoms with Crippen LogP contribution in [0.4, 0.5) is 15.8 Å². The lowest BCUT2D eigenvalue weighted by molar-refractivity contribution is -0.135. The number of fused-ring (bicyclic) bond motifs is 1. The molecule has 1 aliphatic rings. The van der Waals surface area contributed by atoms with Crippen LogP contribution in [-0.2, 0) is 9.59 Å². The molecule has 6 heteroatoms. The average molecular weight is 214 g/mol. The van der Waals surface area contributed by atoms with Crippen LogP contribution >= 0.6 is 11.6 Å². The van der Waals surface area contributed by atoms with E-state index < -0.39 is 17.6 Å². The summed E-state index contributed by atoms with van der Waals surface area (Å²) in [4.78, 5) is 21.7. The van der Waals surface area contributed by atoms with Crippen molar-refractivity contribution in [3.05, 3.63) is 23.0 Å². The summed E-state index contributed by atoms with van der Waals surface area (Å²) in [6.45, 7) is 0. The molecule has 0 atom stereocenters. The smallest absolute Gasteiger partial charge is 0.316 e. The SMILES string of the molecule is O=C1[N]c2cc(Cl)c(F)cc2NC1=O. The number of carbonyl (C=O) groups is 2. The summed E-state index contributed by atoms with van der Waals surface area (Å²) >= 11 is 5.47. The summed E-state index contributed by atoms with van der Waals surface area (Å²) in [5, 5.41) is 5.48. The first-order valence-corrected chi connectivity index (χ1v) is 4.02. The van der Waals surface area contributed by atoms with Crippen LogP contribution in [0.2, 0.25) is 5.02 Å². The Morgan fingerprint density at radius 2 is 2.07 bits per heavy atom. The Balaban J connectivity index is 2.53. The molecule has 71 valence electrons. The third-order valence-corrected chi connectivity index (χ3v) is 1.99. The van der Waals surface area contributed by atoms with Gasteiger partial charge in [0.15, 0.2) is 0 Å². The van der Waals surface area contributed by atoms with Gasteiger partial charge in [0.05, 0.1) is 16.4 Å². The molecular formula is C8H3ClFN2O2. The van der Waals surface area contributed by atoms with E-state index in [-0.39, 0.29) is 16.4 Å². The maximum Gasteiger partial charge on any atom is 0.335 e. The highest BCUT2D eigenvalue weighted by molar-refractivity contribution is 6.42. The van der Waals surface area contributed by atoms with Gasteiger partial charge in [0.2, 0.25) is 0 Å². The molecule has 1 radical (unpaired) electrons. The summed E-state index contributed by atoms with van der Waals surface area (Å²) in [6.07, 6.45) is 0. The van der Waals surface area contributed by atoms with Crippen LogP contribution in [-0.4, -0.2) is 11.8 Å². The maximum absolute atomic E-state index is 12.9. The Hall–Kier alpha value is -1.62. The molecule has 1 heterocycles. The van der Waals surface area contributed by atoms with Gasteiger partial charge in [-0.25, -0.2) is 9.71 Å². The van der Waals surface area contributed by atoms with Gasteiger partial charge in [-0.05, 0) is 6.07 Å². The topological polar surface area (TPSA) is 60.3 Å². The van der Waals surface area contributed by atoms with Gasteiger partial charge in [-0.15, -0.1) is 0 Å². The lowest BCUT2D eigenvalue weighted by Crippen LogP contribution is -2.33. The van der Waals surface area contributed by atoms with Gasteiger partial charge in [0, 0.05) is 6.07 Å². The van der Waals surface area contributed by atoms with E-state index in [9.17, 15) is 14.0 Å². The number of nitrogens with zero attached hydrogens (tertiary/aromatic N) is 1. The van der Waals surface area contributed by atoms with Crippen molar-refractivity contribution in [2.45, 2.75) is 0 Å². The van der Waals surface area contributed by atoms with Gasteiger partial charge >= 0.3 is 11.8 Å². The lowest BCUT2D eigenvalue weighted by Gasteiger charge is -2.15. The number of hydrogen-bond acceptors (Lipinski definition) is 2. The number of halogens is 2. The minimum Gasteiger partial charge on any atom is -0.316 e. The van der Waals surface area contributed by atoms with E-state index in [0.29, 0.717) is 0 Å². The van der Waals surface area contributed by atoms with E-state index in [1.807, 2.05) is 0 Å². The summed E-state index contributed by atoms with van der Waals surface area (Å²) < 4.78 is 12.9. The fourth-order valence-electron chi connectivity index (χ4n) is 1.06. The Labute approximate surface area is 83.0 Å². The van der Waals surface area contributed by atoms with Gasteiger partial charge in [-0.1, -0.05) is 11.6 Å². The maximum atomic E-state index is 12.9. The molecule has 2 rings (SSSR count). The molecule has 0 aromatic heterocycles. The van der Waals surface area contributed by atoms with Crippen molar-refractivity contribution in [3.8, 4) is 0 Å². The largest absolute Gasteiger partial charge is 0.335 e. The molecule has 0 saturated carbocycles. The molecule has 0 aliphatic carbocycles. The molecule has 2 amide bonds. The van der Waals surface area contributed by atoms with Crippen molar-refractivity contribution < 1.29 is 14.0 Å². The predicted molar refractivity (Wildman–Crippen MR) is 46.8 cm³/mol. The van der Waals surface area contributed by atoms with Gasteiger partial charge in [-0.3, -0.25) is 9.59 Å². The van der Waals surface area contributed by atoms with Crippen molar-refractivity contribution in [2.75, 3.05) is 5.32 Å². The van der Waals surface area contributed by atoms with Gasteiger partial charge in [0.1, 0.15) is 5.82 Å². The van der Waals surface area contributed by atoms with Crippen LogP contribution in [0.15, 0.2) is 12.1 Å².